The Morgan fingerprint density at radius 1 is 0.468 bits per heavy atom. The van der Waals surface area contributed by atoms with E-state index in [1.165, 1.54) is 128 Å². The van der Waals surface area contributed by atoms with Crippen LogP contribution in [0, 0.1) is 11.8 Å². The lowest BCUT2D eigenvalue weighted by Gasteiger charge is -2.32. The lowest BCUT2D eigenvalue weighted by molar-refractivity contribution is -0.150. The normalized spacial score (nSPS) is 14.7. The summed E-state index contributed by atoms with van der Waals surface area (Å²) in [5.74, 6) is 3.26. The minimum absolute atomic E-state index is 0.0306. The van der Waals surface area contributed by atoms with Crippen molar-refractivity contribution in [2.45, 2.75) is 252 Å². The maximum Gasteiger partial charge on any atom is 0.311 e. The average Bonchev–Trinajstić information content (AvgIpc) is 3.45. The Morgan fingerprint density at radius 3 is 1.33 bits per heavy atom. The molecule has 2 fully saturated rings. The molecule has 0 aliphatic carbocycles. The summed E-state index contributed by atoms with van der Waals surface area (Å²) >= 11 is 0. The zero-order valence-corrected chi connectivity index (χ0v) is 51.8. The van der Waals surface area contributed by atoms with Crippen LogP contribution in [0.1, 0.15) is 243 Å². The molecule has 2 aliphatic rings. The maximum atomic E-state index is 12.8. The Labute approximate surface area is 489 Å². The molecule has 0 spiro atoms. The Kier molecular flexibility index (Phi) is 39.4. The number of hydrogen-bond acceptors (Lipinski definition) is 12. The lowest BCUT2D eigenvalue weighted by Crippen LogP contribution is -2.36. The Bertz CT molecular complexity index is 1830. The summed E-state index contributed by atoms with van der Waals surface area (Å²) in [7, 11) is 4.00. The molecular formula is C67H110N2O8S2. The molecule has 2 aromatic rings. The van der Waals surface area contributed by atoms with Gasteiger partial charge in [0.1, 0.15) is 11.9 Å². The topological polar surface area (TPSA) is 112 Å². The van der Waals surface area contributed by atoms with Crippen molar-refractivity contribution >= 4 is 45.5 Å². The minimum atomic E-state index is -0.290. The van der Waals surface area contributed by atoms with E-state index < -0.39 is 0 Å². The van der Waals surface area contributed by atoms with E-state index in [1.807, 2.05) is 33.7 Å². The van der Waals surface area contributed by atoms with Gasteiger partial charge in [-0.25, -0.2) is 0 Å². The van der Waals surface area contributed by atoms with E-state index in [0.717, 1.165) is 126 Å². The van der Waals surface area contributed by atoms with Gasteiger partial charge in [0.15, 0.2) is 0 Å². The predicted molar refractivity (Wildman–Crippen MR) is 331 cm³/mol. The molecule has 4 rings (SSSR count). The summed E-state index contributed by atoms with van der Waals surface area (Å²) in [5, 5.41) is 0. The van der Waals surface area contributed by atoms with Gasteiger partial charge in [0.05, 0.1) is 26.1 Å². The highest BCUT2D eigenvalue weighted by atomic mass is 33.1. The minimum Gasteiger partial charge on any atom is -0.465 e. The zero-order valence-electron chi connectivity index (χ0n) is 50.1. The van der Waals surface area contributed by atoms with E-state index in [2.05, 4.69) is 54.8 Å². The highest BCUT2D eigenvalue weighted by Gasteiger charge is 2.22. The Balaban J connectivity index is 0.926. The van der Waals surface area contributed by atoms with Crippen molar-refractivity contribution in [3.8, 4) is 5.75 Å². The van der Waals surface area contributed by atoms with Gasteiger partial charge < -0.3 is 28.7 Å². The molecule has 0 aromatic heterocycles. The van der Waals surface area contributed by atoms with E-state index in [1.54, 1.807) is 12.1 Å². The second kappa shape index (κ2) is 45.5. The van der Waals surface area contributed by atoms with Crippen molar-refractivity contribution < 1.29 is 38.1 Å². The van der Waals surface area contributed by atoms with Crippen LogP contribution in [0.25, 0.3) is 0 Å². The van der Waals surface area contributed by atoms with Crippen LogP contribution in [0.15, 0.2) is 48.5 Å². The molecule has 0 bridgehead atoms. The molecule has 0 saturated carbocycles. The summed E-state index contributed by atoms with van der Waals surface area (Å²) in [6.45, 7) is 14.5. The van der Waals surface area contributed by atoms with E-state index in [-0.39, 0.29) is 36.4 Å². The van der Waals surface area contributed by atoms with Gasteiger partial charge in [0, 0.05) is 37.4 Å². The number of benzene rings is 2. The third kappa shape index (κ3) is 34.9. The molecule has 0 radical (unpaired) electrons. The second-order valence-electron chi connectivity index (χ2n) is 23.2. The van der Waals surface area contributed by atoms with E-state index >= 15 is 0 Å². The Hall–Kier alpha value is -3.06. The van der Waals surface area contributed by atoms with Crippen molar-refractivity contribution in [1.29, 1.82) is 0 Å². The maximum absolute atomic E-state index is 12.8. The van der Waals surface area contributed by atoms with Crippen LogP contribution in [-0.4, -0.2) is 104 Å². The lowest BCUT2D eigenvalue weighted by atomic mass is 9.94. The number of hydrogen-bond donors (Lipinski definition) is 0. The molecule has 2 aliphatic heterocycles. The fraction of sp³-hybridized carbons (Fsp3) is 0.761. The van der Waals surface area contributed by atoms with Gasteiger partial charge in [-0.15, -0.1) is 0 Å². The first-order valence-electron chi connectivity index (χ1n) is 32.3. The summed E-state index contributed by atoms with van der Waals surface area (Å²) in [5.41, 5.74) is 3.24. The summed E-state index contributed by atoms with van der Waals surface area (Å²) in [6, 6.07) is 15.7. The molecule has 2 heterocycles. The van der Waals surface area contributed by atoms with Crippen LogP contribution in [0.4, 0.5) is 0 Å². The second-order valence-corrected chi connectivity index (χ2v) is 25.9. The molecular weight excluding hydrogens is 1020 g/mol. The van der Waals surface area contributed by atoms with Crippen molar-refractivity contribution in [3.05, 3.63) is 65.2 Å². The molecule has 2 aromatic carbocycles. The van der Waals surface area contributed by atoms with E-state index in [0.29, 0.717) is 62.9 Å². The zero-order chi connectivity index (χ0) is 56.2. The van der Waals surface area contributed by atoms with Crippen molar-refractivity contribution in [1.82, 2.24) is 9.80 Å². The average molecular weight is 1140 g/mol. The number of aryl methyl sites for hydroxylation is 1. The highest BCUT2D eigenvalue weighted by Crippen LogP contribution is 2.27. The van der Waals surface area contributed by atoms with Crippen LogP contribution >= 0.6 is 21.6 Å². The van der Waals surface area contributed by atoms with Crippen LogP contribution in [0.2, 0.25) is 0 Å². The third-order valence-corrected chi connectivity index (χ3v) is 18.7. The van der Waals surface area contributed by atoms with Gasteiger partial charge in [0.25, 0.3) is 0 Å². The third-order valence-electron chi connectivity index (χ3n) is 16.3. The number of carbonyl (C=O) groups is 4. The first kappa shape index (κ1) is 68.4. The van der Waals surface area contributed by atoms with Crippen molar-refractivity contribution in [2.24, 2.45) is 11.8 Å². The monoisotopic (exact) mass is 1130 g/mol. The first-order chi connectivity index (χ1) is 38.7. The van der Waals surface area contributed by atoms with Crippen molar-refractivity contribution in [3.63, 3.8) is 0 Å². The number of esters is 4. The highest BCUT2D eigenvalue weighted by molar-refractivity contribution is 8.76. The molecule has 10 nitrogen and oxygen atoms in total. The van der Waals surface area contributed by atoms with E-state index in [9.17, 15) is 19.2 Å². The predicted octanol–water partition coefficient (Wildman–Crippen LogP) is 16.7. The van der Waals surface area contributed by atoms with Crippen LogP contribution < -0.4 is 4.74 Å². The van der Waals surface area contributed by atoms with Crippen LogP contribution in [-0.2, 0) is 52.7 Å². The number of unbranched alkanes of at least 4 members (excludes halogenated alkanes) is 18. The molecule has 12 heteroatoms. The molecule has 448 valence electrons. The summed E-state index contributed by atoms with van der Waals surface area (Å²) in [4.78, 5) is 55.7. The quantitative estimate of drug-likeness (QED) is 0.0207. The molecule has 2 saturated heterocycles. The molecule has 0 amide bonds. The van der Waals surface area contributed by atoms with Crippen LogP contribution in [0.5, 0.6) is 5.75 Å². The SMILES string of the molecule is CCCCCCCCCc1ccc(CC(=O)OCCC2CCN(CCSSCCN3CCC(CCOC(=O)Cc4ccc(OC(=O)CCCCCC(=O)OC(CCCCCCCC)CCCCCCCC)cc4)CC3)CC2)cc1. The molecule has 79 heavy (non-hydrogen) atoms. The fourth-order valence-corrected chi connectivity index (χ4v) is 13.1. The van der Waals surface area contributed by atoms with Crippen LogP contribution in [0.3, 0.4) is 0 Å². The first-order valence-corrected chi connectivity index (χ1v) is 34.8. The molecule has 0 N–H and O–H groups in total. The molecule has 0 atom stereocenters. The number of carbonyl (C=O) groups excluding carboxylic acids is 4. The van der Waals surface area contributed by atoms with Gasteiger partial charge in [-0.05, 0) is 157 Å². The smallest absolute Gasteiger partial charge is 0.311 e. The summed E-state index contributed by atoms with van der Waals surface area (Å²) in [6.07, 6.45) is 37.2. The summed E-state index contributed by atoms with van der Waals surface area (Å²) < 4.78 is 22.9. The van der Waals surface area contributed by atoms with Gasteiger partial charge in [0.2, 0.25) is 0 Å². The van der Waals surface area contributed by atoms with Gasteiger partial charge in [-0.3, -0.25) is 19.2 Å². The number of nitrogens with zero attached hydrogens (tertiary/aromatic N) is 2. The number of ether oxygens (including phenoxy) is 4. The standard InChI is InChI=1S/C67H110N2O8S2/c1-4-7-10-13-16-17-21-26-57-31-33-60(34-32-57)55-66(72)74-51-43-58-39-45-68(46-40-58)49-53-78-79-54-50-69-47-41-59(42-48-69)44-52-75-67(73)56-61-35-37-63(38-36-61)77-65(71)30-25-20-24-29-64(70)76-62(27-22-18-14-11-8-5-2)28-23-19-15-12-9-6-3/h31-38,58-59,62H,4-30,39-56H2,1-3H3. The van der Waals surface area contributed by atoms with Gasteiger partial charge in [-0.2, -0.15) is 0 Å². The van der Waals surface area contributed by atoms with Gasteiger partial charge in [-0.1, -0.05) is 188 Å². The van der Waals surface area contributed by atoms with Crippen molar-refractivity contribution in [2.75, 3.05) is 64.0 Å². The van der Waals surface area contributed by atoms with Gasteiger partial charge >= 0.3 is 23.9 Å². The largest absolute Gasteiger partial charge is 0.465 e. The Morgan fingerprint density at radius 2 is 0.861 bits per heavy atom. The number of rotatable bonds is 47. The fourth-order valence-electron chi connectivity index (χ4n) is 11.1. The van der Waals surface area contributed by atoms with E-state index in [4.69, 9.17) is 18.9 Å². The molecule has 0 unspecified atom stereocenters. The number of piperidine rings is 2. The number of likely N-dealkylation sites (tertiary alicyclic amines) is 2.